The van der Waals surface area contributed by atoms with Crippen LogP contribution >= 0.6 is 0 Å². The zero-order valence-corrected chi connectivity index (χ0v) is 15.8. The predicted octanol–water partition coefficient (Wildman–Crippen LogP) is 2.53. The van der Waals surface area contributed by atoms with Gasteiger partial charge in [0, 0.05) is 12.2 Å². The number of aryl methyl sites for hydroxylation is 1. The molecule has 28 heavy (non-hydrogen) atoms. The van der Waals surface area contributed by atoms with Crippen molar-refractivity contribution in [3.63, 3.8) is 0 Å². The molecule has 0 saturated carbocycles. The average Bonchev–Trinajstić information content (AvgIpc) is 3.22. The number of Topliss-reactive ketones (excluding diaryl/α,β-unsaturated/α-hetero) is 1. The topological polar surface area (TPSA) is 70.3 Å². The number of carbonyl (C=O) groups excluding carboxylic acids is 1. The quantitative estimate of drug-likeness (QED) is 0.640. The lowest BCUT2D eigenvalue weighted by molar-refractivity contribution is 0.0939. The van der Waals surface area contributed by atoms with Crippen LogP contribution in [0.15, 0.2) is 58.1 Å². The SMILES string of the molecule is Cc1ccc(C(=O)Cn2c(=O)n(CC3CCCO3)c(=O)c3ccccc32)cc1. The normalized spacial score (nSPS) is 16.5. The van der Waals surface area contributed by atoms with E-state index in [1.165, 1.54) is 9.13 Å². The van der Waals surface area contributed by atoms with Crippen LogP contribution in [0.5, 0.6) is 0 Å². The molecule has 0 aliphatic carbocycles. The van der Waals surface area contributed by atoms with Crippen LogP contribution in [0.2, 0.25) is 0 Å². The summed E-state index contributed by atoms with van der Waals surface area (Å²) < 4.78 is 8.21. The van der Waals surface area contributed by atoms with Gasteiger partial charge in [-0.3, -0.25) is 18.7 Å². The van der Waals surface area contributed by atoms with Crippen molar-refractivity contribution >= 4 is 16.7 Å². The van der Waals surface area contributed by atoms with E-state index in [1.807, 2.05) is 19.1 Å². The molecule has 3 aromatic rings. The van der Waals surface area contributed by atoms with Gasteiger partial charge in [-0.05, 0) is 31.9 Å². The van der Waals surface area contributed by atoms with E-state index in [4.69, 9.17) is 4.74 Å². The molecule has 1 unspecified atom stereocenters. The summed E-state index contributed by atoms with van der Waals surface area (Å²) in [5, 5.41) is 0.428. The van der Waals surface area contributed by atoms with Gasteiger partial charge in [-0.2, -0.15) is 0 Å². The Morgan fingerprint density at radius 3 is 2.54 bits per heavy atom. The molecule has 6 nitrogen and oxygen atoms in total. The lowest BCUT2D eigenvalue weighted by atomic mass is 10.1. The molecule has 4 rings (SSSR count). The number of fused-ring (bicyclic) bond motifs is 1. The van der Waals surface area contributed by atoms with Crippen LogP contribution in [0.25, 0.3) is 10.9 Å². The van der Waals surface area contributed by atoms with Gasteiger partial charge in [0.05, 0.1) is 30.1 Å². The highest BCUT2D eigenvalue weighted by atomic mass is 16.5. The Labute approximate surface area is 162 Å². The molecule has 0 amide bonds. The Balaban J connectivity index is 1.80. The van der Waals surface area contributed by atoms with Gasteiger partial charge < -0.3 is 4.74 Å². The molecule has 2 heterocycles. The number of ether oxygens (including phenoxy) is 1. The number of carbonyl (C=O) groups is 1. The molecule has 0 radical (unpaired) electrons. The maximum atomic E-state index is 13.1. The second kappa shape index (κ2) is 7.56. The maximum Gasteiger partial charge on any atom is 0.331 e. The monoisotopic (exact) mass is 378 g/mol. The molecule has 1 atom stereocenters. The Morgan fingerprint density at radius 1 is 1.07 bits per heavy atom. The third-order valence-electron chi connectivity index (χ3n) is 5.22. The summed E-state index contributed by atoms with van der Waals surface area (Å²) in [6, 6.07) is 14.2. The van der Waals surface area contributed by atoms with Gasteiger partial charge in [-0.15, -0.1) is 0 Å². The van der Waals surface area contributed by atoms with E-state index in [0.29, 0.717) is 23.1 Å². The number of para-hydroxylation sites is 1. The Hall–Kier alpha value is -2.99. The van der Waals surface area contributed by atoms with E-state index in [2.05, 4.69) is 0 Å². The Kier molecular flexibility index (Phi) is 4.96. The van der Waals surface area contributed by atoms with Crippen molar-refractivity contribution < 1.29 is 9.53 Å². The number of rotatable bonds is 5. The molecule has 1 aliphatic heterocycles. The molecule has 2 aromatic carbocycles. The third-order valence-corrected chi connectivity index (χ3v) is 5.22. The van der Waals surface area contributed by atoms with E-state index in [1.54, 1.807) is 36.4 Å². The second-order valence-electron chi connectivity index (χ2n) is 7.23. The summed E-state index contributed by atoms with van der Waals surface area (Å²) in [7, 11) is 0. The first kappa shape index (κ1) is 18.4. The smallest absolute Gasteiger partial charge is 0.331 e. The molecule has 0 N–H and O–H groups in total. The van der Waals surface area contributed by atoms with Crippen LogP contribution in [-0.2, 0) is 17.8 Å². The molecular weight excluding hydrogens is 356 g/mol. The summed E-state index contributed by atoms with van der Waals surface area (Å²) in [6.45, 7) is 2.69. The van der Waals surface area contributed by atoms with Crippen molar-refractivity contribution in [2.24, 2.45) is 0 Å². The van der Waals surface area contributed by atoms with Gasteiger partial charge in [-0.1, -0.05) is 42.0 Å². The molecule has 6 heteroatoms. The lowest BCUT2D eigenvalue weighted by Crippen LogP contribution is -2.43. The van der Waals surface area contributed by atoms with Crippen molar-refractivity contribution in [1.82, 2.24) is 9.13 Å². The minimum atomic E-state index is -0.473. The third kappa shape index (κ3) is 3.43. The van der Waals surface area contributed by atoms with E-state index in [0.717, 1.165) is 18.4 Å². The van der Waals surface area contributed by atoms with Gasteiger partial charge in [-0.25, -0.2) is 4.79 Å². The van der Waals surface area contributed by atoms with E-state index >= 15 is 0 Å². The average molecular weight is 378 g/mol. The van der Waals surface area contributed by atoms with Crippen molar-refractivity contribution in [3.05, 3.63) is 80.5 Å². The van der Waals surface area contributed by atoms with Crippen LogP contribution in [0.1, 0.15) is 28.8 Å². The highest BCUT2D eigenvalue weighted by Gasteiger charge is 2.21. The van der Waals surface area contributed by atoms with E-state index in [9.17, 15) is 14.4 Å². The summed E-state index contributed by atoms with van der Waals surface area (Å²) in [6.07, 6.45) is 1.60. The molecule has 0 spiro atoms. The summed E-state index contributed by atoms with van der Waals surface area (Å²) in [4.78, 5) is 38.8. The van der Waals surface area contributed by atoms with Crippen LogP contribution in [0.4, 0.5) is 0 Å². The summed E-state index contributed by atoms with van der Waals surface area (Å²) >= 11 is 0. The fraction of sp³-hybridized carbons (Fsp3) is 0.318. The van der Waals surface area contributed by atoms with Crippen molar-refractivity contribution in [3.8, 4) is 0 Å². The van der Waals surface area contributed by atoms with Gasteiger partial charge in [0.1, 0.15) is 0 Å². The first-order valence-corrected chi connectivity index (χ1v) is 9.48. The number of hydrogen-bond donors (Lipinski definition) is 0. The molecular formula is C22H22N2O4. The highest BCUT2D eigenvalue weighted by Crippen LogP contribution is 2.14. The fourth-order valence-electron chi connectivity index (χ4n) is 3.65. The number of ketones is 1. The van der Waals surface area contributed by atoms with Gasteiger partial charge in [0.2, 0.25) is 0 Å². The first-order valence-electron chi connectivity index (χ1n) is 9.48. The molecule has 1 aromatic heterocycles. The summed E-state index contributed by atoms with van der Waals surface area (Å²) in [5.41, 5.74) is 1.26. The summed E-state index contributed by atoms with van der Waals surface area (Å²) in [5.74, 6) is -0.172. The minimum Gasteiger partial charge on any atom is -0.376 e. The molecule has 1 aliphatic rings. The molecule has 1 saturated heterocycles. The number of benzene rings is 2. The zero-order chi connectivity index (χ0) is 19.7. The predicted molar refractivity (Wildman–Crippen MR) is 107 cm³/mol. The Bertz CT molecular complexity index is 1140. The largest absolute Gasteiger partial charge is 0.376 e. The zero-order valence-electron chi connectivity index (χ0n) is 15.8. The van der Waals surface area contributed by atoms with Crippen LogP contribution in [0.3, 0.4) is 0 Å². The van der Waals surface area contributed by atoms with Crippen LogP contribution < -0.4 is 11.2 Å². The van der Waals surface area contributed by atoms with Gasteiger partial charge in [0.15, 0.2) is 5.78 Å². The number of nitrogens with zero attached hydrogens (tertiary/aromatic N) is 2. The maximum absolute atomic E-state index is 13.1. The lowest BCUT2D eigenvalue weighted by Gasteiger charge is -2.16. The van der Waals surface area contributed by atoms with Crippen LogP contribution in [0, 0.1) is 6.92 Å². The molecule has 0 bridgehead atoms. The number of aromatic nitrogens is 2. The molecule has 1 fully saturated rings. The first-order chi connectivity index (χ1) is 13.5. The van der Waals surface area contributed by atoms with Crippen molar-refractivity contribution in [2.45, 2.75) is 39.0 Å². The van der Waals surface area contributed by atoms with Crippen LogP contribution in [-0.4, -0.2) is 27.6 Å². The standard InChI is InChI=1S/C22H22N2O4/c1-15-8-10-16(11-9-15)20(25)14-23-19-7-3-2-6-18(19)21(26)24(22(23)27)13-17-5-4-12-28-17/h2-3,6-11,17H,4-5,12-14H2,1H3. The van der Waals surface area contributed by atoms with E-state index in [-0.39, 0.29) is 30.5 Å². The number of hydrogen-bond acceptors (Lipinski definition) is 4. The van der Waals surface area contributed by atoms with Crippen molar-refractivity contribution in [2.75, 3.05) is 6.61 Å². The Morgan fingerprint density at radius 2 is 1.82 bits per heavy atom. The molecule has 144 valence electrons. The van der Waals surface area contributed by atoms with Crippen molar-refractivity contribution in [1.29, 1.82) is 0 Å². The highest BCUT2D eigenvalue weighted by molar-refractivity contribution is 5.96. The fourth-order valence-corrected chi connectivity index (χ4v) is 3.65. The minimum absolute atomic E-state index is 0.117. The van der Waals surface area contributed by atoms with E-state index < -0.39 is 5.69 Å². The van der Waals surface area contributed by atoms with Gasteiger partial charge >= 0.3 is 5.69 Å². The van der Waals surface area contributed by atoms with Gasteiger partial charge in [0.25, 0.3) is 5.56 Å². The second-order valence-corrected chi connectivity index (χ2v) is 7.23.